The Morgan fingerprint density at radius 2 is 2.14 bits per heavy atom. The summed E-state index contributed by atoms with van der Waals surface area (Å²) < 4.78 is 15.9. The van der Waals surface area contributed by atoms with E-state index >= 15 is 0 Å². The fourth-order valence-corrected chi connectivity index (χ4v) is 3.04. The average Bonchev–Trinajstić information content (AvgIpc) is 2.91. The Hall–Kier alpha value is -2.27. The third kappa shape index (κ3) is 2.27. The molecule has 0 unspecified atom stereocenters. The summed E-state index contributed by atoms with van der Waals surface area (Å²) in [5, 5.41) is 4.97. The normalized spacial score (nSPS) is 16.1. The highest BCUT2D eigenvalue weighted by molar-refractivity contribution is 5.82. The SMILES string of the molecule is Cc1cnn(C2CN(Cc3ccc(F)c4cccnc34)C2)c1. The first-order valence-electron chi connectivity index (χ1n) is 7.46. The molecule has 4 rings (SSSR count). The van der Waals surface area contributed by atoms with Gasteiger partial charge in [-0.05, 0) is 36.2 Å². The van der Waals surface area contributed by atoms with Gasteiger partial charge in [-0.3, -0.25) is 14.6 Å². The van der Waals surface area contributed by atoms with Crippen LogP contribution in [0.4, 0.5) is 4.39 Å². The number of aryl methyl sites for hydroxylation is 1. The van der Waals surface area contributed by atoms with Crippen LogP contribution in [0.1, 0.15) is 17.2 Å². The molecular weight excluding hydrogens is 279 g/mol. The Balaban J connectivity index is 1.50. The van der Waals surface area contributed by atoms with Gasteiger partial charge < -0.3 is 0 Å². The molecule has 112 valence electrons. The van der Waals surface area contributed by atoms with Gasteiger partial charge in [0.2, 0.25) is 0 Å². The van der Waals surface area contributed by atoms with E-state index in [0.29, 0.717) is 11.4 Å². The van der Waals surface area contributed by atoms with Crippen molar-refractivity contribution in [3.8, 4) is 0 Å². The molecule has 5 heteroatoms. The van der Waals surface area contributed by atoms with Crippen LogP contribution in [0.15, 0.2) is 42.9 Å². The summed E-state index contributed by atoms with van der Waals surface area (Å²) in [5.74, 6) is -0.208. The van der Waals surface area contributed by atoms with Gasteiger partial charge in [-0.2, -0.15) is 5.10 Å². The molecule has 3 aromatic rings. The van der Waals surface area contributed by atoms with Crippen molar-refractivity contribution >= 4 is 10.9 Å². The minimum atomic E-state index is -0.208. The molecule has 0 radical (unpaired) electrons. The molecule has 0 N–H and O–H groups in total. The van der Waals surface area contributed by atoms with Gasteiger partial charge in [0.05, 0.1) is 17.8 Å². The van der Waals surface area contributed by atoms with Crippen molar-refractivity contribution in [1.29, 1.82) is 0 Å². The topological polar surface area (TPSA) is 34.0 Å². The van der Waals surface area contributed by atoms with Crippen LogP contribution in [0.3, 0.4) is 0 Å². The van der Waals surface area contributed by atoms with Crippen LogP contribution in [-0.2, 0) is 6.54 Å². The monoisotopic (exact) mass is 296 g/mol. The first-order chi connectivity index (χ1) is 10.7. The highest BCUT2D eigenvalue weighted by Gasteiger charge is 2.29. The van der Waals surface area contributed by atoms with Gasteiger partial charge in [-0.1, -0.05) is 6.07 Å². The van der Waals surface area contributed by atoms with Gasteiger partial charge in [0.25, 0.3) is 0 Å². The zero-order valence-electron chi connectivity index (χ0n) is 12.4. The number of likely N-dealkylation sites (tertiary alicyclic amines) is 1. The lowest BCUT2D eigenvalue weighted by molar-refractivity contribution is 0.0912. The van der Waals surface area contributed by atoms with Crippen LogP contribution < -0.4 is 0 Å². The van der Waals surface area contributed by atoms with E-state index in [0.717, 1.165) is 30.7 Å². The molecule has 0 saturated carbocycles. The minimum Gasteiger partial charge on any atom is -0.295 e. The second-order valence-corrected chi connectivity index (χ2v) is 5.95. The van der Waals surface area contributed by atoms with E-state index in [9.17, 15) is 4.39 Å². The van der Waals surface area contributed by atoms with Crippen molar-refractivity contribution in [2.45, 2.75) is 19.5 Å². The van der Waals surface area contributed by atoms with Crippen LogP contribution >= 0.6 is 0 Å². The predicted octanol–water partition coefficient (Wildman–Crippen LogP) is 2.94. The highest BCUT2D eigenvalue weighted by Crippen LogP contribution is 2.26. The summed E-state index contributed by atoms with van der Waals surface area (Å²) in [6, 6.07) is 7.37. The molecule has 1 saturated heterocycles. The Morgan fingerprint density at radius 3 is 2.91 bits per heavy atom. The molecule has 1 aromatic carbocycles. The summed E-state index contributed by atoms with van der Waals surface area (Å²) >= 11 is 0. The van der Waals surface area contributed by atoms with Crippen molar-refractivity contribution in [3.05, 3.63) is 59.8 Å². The number of hydrogen-bond acceptors (Lipinski definition) is 3. The zero-order valence-corrected chi connectivity index (χ0v) is 12.4. The second kappa shape index (κ2) is 5.18. The fraction of sp³-hybridized carbons (Fsp3) is 0.294. The van der Waals surface area contributed by atoms with Crippen LogP contribution in [0, 0.1) is 12.7 Å². The van der Waals surface area contributed by atoms with E-state index in [-0.39, 0.29) is 5.82 Å². The van der Waals surface area contributed by atoms with E-state index in [1.807, 2.05) is 16.9 Å². The fourth-order valence-electron chi connectivity index (χ4n) is 3.04. The van der Waals surface area contributed by atoms with Crippen LogP contribution in [-0.4, -0.2) is 32.8 Å². The van der Waals surface area contributed by atoms with Crippen LogP contribution in [0.25, 0.3) is 10.9 Å². The van der Waals surface area contributed by atoms with Crippen LogP contribution in [0.5, 0.6) is 0 Å². The standard InChI is InChI=1S/C17H17FN4/c1-12-7-20-22(8-12)14-10-21(11-14)9-13-4-5-16(18)15-3-2-6-19-17(13)15/h2-8,14H,9-11H2,1H3. The molecule has 0 amide bonds. The van der Waals surface area contributed by atoms with Gasteiger partial charge in [0, 0.05) is 37.4 Å². The number of benzene rings is 1. The van der Waals surface area contributed by atoms with Crippen molar-refractivity contribution in [2.75, 3.05) is 13.1 Å². The summed E-state index contributed by atoms with van der Waals surface area (Å²) in [6.07, 6.45) is 5.69. The Labute approximate surface area is 128 Å². The lowest BCUT2D eigenvalue weighted by Crippen LogP contribution is -2.47. The predicted molar refractivity (Wildman–Crippen MR) is 83.0 cm³/mol. The van der Waals surface area contributed by atoms with E-state index in [1.165, 1.54) is 11.6 Å². The molecule has 1 fully saturated rings. The van der Waals surface area contributed by atoms with Gasteiger partial charge in [0.15, 0.2) is 0 Å². The zero-order chi connectivity index (χ0) is 15.1. The molecule has 0 bridgehead atoms. The quantitative estimate of drug-likeness (QED) is 0.745. The van der Waals surface area contributed by atoms with Crippen molar-refractivity contribution in [3.63, 3.8) is 0 Å². The Bertz CT molecular complexity index is 820. The molecular formula is C17H17FN4. The largest absolute Gasteiger partial charge is 0.295 e. The second-order valence-electron chi connectivity index (χ2n) is 5.95. The third-order valence-corrected chi connectivity index (χ3v) is 4.24. The van der Waals surface area contributed by atoms with Crippen molar-refractivity contribution < 1.29 is 4.39 Å². The molecule has 2 aromatic heterocycles. The molecule has 0 atom stereocenters. The number of halogens is 1. The smallest absolute Gasteiger partial charge is 0.132 e. The molecule has 0 spiro atoms. The number of hydrogen-bond donors (Lipinski definition) is 0. The van der Waals surface area contributed by atoms with E-state index in [4.69, 9.17) is 0 Å². The van der Waals surface area contributed by atoms with Gasteiger partial charge in [-0.25, -0.2) is 4.39 Å². The number of rotatable bonds is 3. The van der Waals surface area contributed by atoms with Gasteiger partial charge in [0.1, 0.15) is 5.82 Å². The summed E-state index contributed by atoms with van der Waals surface area (Å²) in [5.41, 5.74) is 3.03. The maximum atomic E-state index is 13.8. The third-order valence-electron chi connectivity index (χ3n) is 4.24. The van der Waals surface area contributed by atoms with Crippen LogP contribution in [0.2, 0.25) is 0 Å². The lowest BCUT2D eigenvalue weighted by Gasteiger charge is -2.39. The Kier molecular flexibility index (Phi) is 3.15. The summed E-state index contributed by atoms with van der Waals surface area (Å²) in [4.78, 5) is 6.69. The van der Waals surface area contributed by atoms with E-state index < -0.39 is 0 Å². The number of nitrogens with zero attached hydrogens (tertiary/aromatic N) is 4. The van der Waals surface area contributed by atoms with Gasteiger partial charge >= 0.3 is 0 Å². The average molecular weight is 296 g/mol. The molecule has 1 aliphatic rings. The molecule has 22 heavy (non-hydrogen) atoms. The molecule has 3 heterocycles. The number of aromatic nitrogens is 3. The van der Waals surface area contributed by atoms with Crippen molar-refractivity contribution in [1.82, 2.24) is 19.7 Å². The lowest BCUT2D eigenvalue weighted by atomic mass is 10.0. The highest BCUT2D eigenvalue weighted by atomic mass is 19.1. The minimum absolute atomic E-state index is 0.208. The van der Waals surface area contributed by atoms with E-state index in [1.54, 1.807) is 18.3 Å². The maximum Gasteiger partial charge on any atom is 0.132 e. The number of fused-ring (bicyclic) bond motifs is 1. The van der Waals surface area contributed by atoms with Crippen molar-refractivity contribution in [2.24, 2.45) is 0 Å². The Morgan fingerprint density at radius 1 is 1.27 bits per heavy atom. The molecule has 1 aliphatic heterocycles. The molecule has 0 aliphatic carbocycles. The summed E-state index contributed by atoms with van der Waals surface area (Å²) in [7, 11) is 0. The van der Waals surface area contributed by atoms with E-state index in [2.05, 4.69) is 28.1 Å². The van der Waals surface area contributed by atoms with Gasteiger partial charge in [-0.15, -0.1) is 0 Å². The first-order valence-corrected chi connectivity index (χ1v) is 7.46. The maximum absolute atomic E-state index is 13.8. The first kappa shape index (κ1) is 13.4. The summed E-state index contributed by atoms with van der Waals surface area (Å²) in [6.45, 7) is 4.78. The molecule has 4 nitrogen and oxygen atoms in total. The number of pyridine rings is 1.